The first-order valence-electron chi connectivity index (χ1n) is 15.3. The molecule has 3 aromatic carbocycles. The number of carbonyl (C=O) groups is 3. The lowest BCUT2D eigenvalue weighted by molar-refractivity contribution is -0.142. The molecule has 0 bridgehead atoms. The number of ether oxygens (including phenoxy) is 4. The van der Waals surface area contributed by atoms with E-state index < -0.39 is 36.0 Å². The lowest BCUT2D eigenvalue weighted by Gasteiger charge is -2.27. The molecule has 12 heteroatoms. The van der Waals surface area contributed by atoms with Crippen LogP contribution in [-0.2, 0) is 34.3 Å². The summed E-state index contributed by atoms with van der Waals surface area (Å²) < 4.78 is 53.4. The summed E-state index contributed by atoms with van der Waals surface area (Å²) in [7, 11) is 2.96. The molecule has 1 atom stereocenters. The van der Waals surface area contributed by atoms with Gasteiger partial charge in [-0.1, -0.05) is 12.1 Å². The van der Waals surface area contributed by atoms with Crippen molar-refractivity contribution in [3.8, 4) is 22.6 Å². The maximum atomic E-state index is 14.4. The van der Waals surface area contributed by atoms with Crippen LogP contribution >= 0.6 is 0 Å². The van der Waals surface area contributed by atoms with Gasteiger partial charge in [0.05, 0.1) is 31.7 Å². The Morgan fingerprint density at radius 2 is 1.75 bits per heavy atom. The Morgan fingerprint density at radius 3 is 2.46 bits per heavy atom. The van der Waals surface area contributed by atoms with Gasteiger partial charge in [-0.25, -0.2) is 18.4 Å². The molecule has 0 spiro atoms. The maximum Gasteiger partial charge on any atom is 0.437 e. The fraction of sp³-hybridized carbons (Fsp3) is 0.333. The van der Waals surface area contributed by atoms with E-state index >= 15 is 0 Å². The number of hydrogen-bond acceptors (Lipinski definition) is 7. The van der Waals surface area contributed by atoms with E-state index in [0.717, 1.165) is 0 Å². The summed E-state index contributed by atoms with van der Waals surface area (Å²) in [6.45, 7) is 6.88. The summed E-state index contributed by atoms with van der Waals surface area (Å²) in [6, 6.07) is 12.3. The Kier molecular flexibility index (Phi) is 9.83. The SMILES string of the molecule is COC(=O)COc1cc(C[C@H]2COc3c(cc(Cn4ccn(C)/c4=N/C(=O)OC(C)(C)C)cc3-c3ccc(F)cc3C)C2=O)ccc1F. The molecule has 1 aliphatic heterocycles. The molecule has 0 fully saturated rings. The highest BCUT2D eigenvalue weighted by molar-refractivity contribution is 6.04. The fourth-order valence-corrected chi connectivity index (χ4v) is 5.49. The van der Waals surface area contributed by atoms with Gasteiger partial charge in [0.1, 0.15) is 17.2 Å². The van der Waals surface area contributed by atoms with Crippen LogP contribution in [0.25, 0.3) is 11.1 Å². The van der Waals surface area contributed by atoms with Crippen molar-refractivity contribution in [2.24, 2.45) is 18.0 Å². The highest BCUT2D eigenvalue weighted by Gasteiger charge is 2.32. The van der Waals surface area contributed by atoms with E-state index in [2.05, 4.69) is 9.73 Å². The third kappa shape index (κ3) is 7.81. The normalized spacial score (nSPS) is 14.7. The minimum atomic E-state index is -0.739. The molecular formula is C36H37F2N3O7. The molecular weight excluding hydrogens is 624 g/mol. The van der Waals surface area contributed by atoms with Crippen LogP contribution in [0.2, 0.25) is 0 Å². The number of methoxy groups -OCH3 is 1. The number of amides is 1. The zero-order valence-electron chi connectivity index (χ0n) is 27.6. The Balaban J connectivity index is 1.52. The number of aryl methyl sites for hydroxylation is 2. The number of benzene rings is 3. The van der Waals surface area contributed by atoms with Crippen LogP contribution in [0.1, 0.15) is 47.8 Å². The Morgan fingerprint density at radius 1 is 1.00 bits per heavy atom. The van der Waals surface area contributed by atoms with Gasteiger partial charge in [-0.05, 0) is 92.8 Å². The number of Topliss-reactive ketones (excluding diaryl/α,β-unsaturated/α-hetero) is 1. The first-order valence-corrected chi connectivity index (χ1v) is 15.3. The summed E-state index contributed by atoms with van der Waals surface area (Å²) in [6.07, 6.45) is 3.00. The van der Waals surface area contributed by atoms with E-state index in [0.29, 0.717) is 44.7 Å². The van der Waals surface area contributed by atoms with Crippen molar-refractivity contribution in [2.75, 3.05) is 20.3 Å². The second-order valence-electron chi connectivity index (χ2n) is 12.6. The maximum absolute atomic E-state index is 14.4. The predicted octanol–water partition coefficient (Wildman–Crippen LogP) is 5.95. The third-order valence-electron chi connectivity index (χ3n) is 7.72. The average Bonchev–Trinajstić information content (AvgIpc) is 3.35. The molecule has 0 N–H and O–H groups in total. The van der Waals surface area contributed by atoms with Gasteiger partial charge < -0.3 is 28.1 Å². The van der Waals surface area contributed by atoms with Crippen LogP contribution in [0.4, 0.5) is 13.6 Å². The Hall–Kier alpha value is -5.26. The van der Waals surface area contributed by atoms with Gasteiger partial charge in [0.25, 0.3) is 0 Å². The first-order chi connectivity index (χ1) is 22.7. The van der Waals surface area contributed by atoms with Gasteiger partial charge in [-0.15, -0.1) is 4.99 Å². The quantitative estimate of drug-likeness (QED) is 0.215. The summed E-state index contributed by atoms with van der Waals surface area (Å²) >= 11 is 0. The second-order valence-corrected chi connectivity index (χ2v) is 12.6. The number of imidazole rings is 1. The van der Waals surface area contributed by atoms with Crippen LogP contribution in [0.5, 0.6) is 11.5 Å². The van der Waals surface area contributed by atoms with Crippen molar-refractivity contribution in [3.63, 3.8) is 0 Å². The van der Waals surface area contributed by atoms with Gasteiger partial charge in [0, 0.05) is 25.0 Å². The highest BCUT2D eigenvalue weighted by atomic mass is 19.1. The molecule has 0 unspecified atom stereocenters. The average molecular weight is 662 g/mol. The molecule has 0 saturated heterocycles. The van der Waals surface area contributed by atoms with E-state index in [-0.39, 0.29) is 36.9 Å². The molecule has 0 saturated carbocycles. The van der Waals surface area contributed by atoms with Crippen molar-refractivity contribution in [1.82, 2.24) is 9.13 Å². The summed E-state index contributed by atoms with van der Waals surface area (Å²) in [5.41, 5.74) is 3.25. The van der Waals surface area contributed by atoms with Crippen LogP contribution < -0.4 is 15.1 Å². The molecule has 252 valence electrons. The fourth-order valence-electron chi connectivity index (χ4n) is 5.49. The van der Waals surface area contributed by atoms with Crippen LogP contribution in [0.3, 0.4) is 0 Å². The predicted molar refractivity (Wildman–Crippen MR) is 172 cm³/mol. The van der Waals surface area contributed by atoms with Gasteiger partial charge in [-0.2, -0.15) is 0 Å². The zero-order valence-corrected chi connectivity index (χ0v) is 27.6. The number of hydrogen-bond donors (Lipinski definition) is 0. The monoisotopic (exact) mass is 661 g/mol. The van der Waals surface area contributed by atoms with Crippen molar-refractivity contribution in [3.05, 3.63) is 100 Å². The minimum Gasteiger partial charge on any atom is -0.491 e. The van der Waals surface area contributed by atoms with Crippen LogP contribution in [-0.4, -0.2) is 52.9 Å². The Labute approximate surface area is 276 Å². The lowest BCUT2D eigenvalue weighted by atomic mass is 9.86. The second kappa shape index (κ2) is 13.8. The lowest BCUT2D eigenvalue weighted by Crippen LogP contribution is -2.31. The summed E-state index contributed by atoms with van der Waals surface area (Å²) in [5, 5.41) is 0. The van der Waals surface area contributed by atoms with E-state index in [1.54, 1.807) is 74.5 Å². The number of aromatic nitrogens is 2. The molecule has 48 heavy (non-hydrogen) atoms. The first kappa shape index (κ1) is 34.1. The Bertz CT molecular complexity index is 1960. The standard InChI is InChI=1S/C36H37F2N3O7/c1-21-13-25(37)8-9-26(21)27-15-23(18-41-12-11-40(5)34(41)39-35(44)48-36(2,3)4)16-28-32(43)24(19-47-33(27)28)14-22-7-10-29(38)30(17-22)46-20-31(42)45-6/h7-13,15-17,24H,14,18-20H2,1-6H3/b39-34-/t24-/m0/s1. The largest absolute Gasteiger partial charge is 0.491 e. The topological polar surface area (TPSA) is 110 Å². The zero-order chi connectivity index (χ0) is 34.7. The number of rotatable bonds is 8. The molecule has 1 aliphatic rings. The van der Waals surface area contributed by atoms with Gasteiger partial charge in [0.2, 0.25) is 5.62 Å². The van der Waals surface area contributed by atoms with Crippen LogP contribution in [0.15, 0.2) is 65.9 Å². The van der Waals surface area contributed by atoms with Gasteiger partial charge in [0.15, 0.2) is 24.0 Å². The van der Waals surface area contributed by atoms with Crippen LogP contribution in [0, 0.1) is 24.5 Å². The number of nitrogens with zero attached hydrogens (tertiary/aromatic N) is 3. The molecule has 0 aliphatic carbocycles. The van der Waals surface area contributed by atoms with Gasteiger partial charge >= 0.3 is 12.1 Å². The van der Waals surface area contributed by atoms with E-state index in [4.69, 9.17) is 14.2 Å². The molecule has 10 nitrogen and oxygen atoms in total. The number of fused-ring (bicyclic) bond motifs is 1. The molecule has 1 aromatic heterocycles. The highest BCUT2D eigenvalue weighted by Crippen LogP contribution is 2.41. The van der Waals surface area contributed by atoms with E-state index in [9.17, 15) is 23.2 Å². The van der Waals surface area contributed by atoms with Crippen molar-refractivity contribution < 1.29 is 42.1 Å². The molecule has 0 radical (unpaired) electrons. The number of esters is 1. The van der Waals surface area contributed by atoms with Crippen molar-refractivity contribution in [2.45, 2.75) is 46.3 Å². The molecule has 5 rings (SSSR count). The molecule has 2 heterocycles. The summed E-state index contributed by atoms with van der Waals surface area (Å²) in [5.74, 6) is -2.25. The smallest absolute Gasteiger partial charge is 0.437 e. The number of ketones is 1. The number of carbonyl (C=O) groups excluding carboxylic acids is 3. The summed E-state index contributed by atoms with van der Waals surface area (Å²) in [4.78, 5) is 42.4. The molecule has 4 aromatic rings. The number of halogens is 2. The molecule has 1 amide bonds. The van der Waals surface area contributed by atoms with Crippen molar-refractivity contribution in [1.29, 1.82) is 0 Å². The van der Waals surface area contributed by atoms with Gasteiger partial charge in [-0.3, -0.25) is 4.79 Å². The van der Waals surface area contributed by atoms with E-state index in [1.807, 2.05) is 6.07 Å². The van der Waals surface area contributed by atoms with E-state index in [1.165, 1.54) is 31.4 Å². The third-order valence-corrected chi connectivity index (χ3v) is 7.72. The van der Waals surface area contributed by atoms with Crippen molar-refractivity contribution >= 4 is 17.8 Å². The minimum absolute atomic E-state index is 0.0561.